The Balaban J connectivity index is 1.85. The van der Waals surface area contributed by atoms with Crippen molar-refractivity contribution in [2.75, 3.05) is 24.5 Å². The summed E-state index contributed by atoms with van der Waals surface area (Å²) < 4.78 is 49.9. The van der Waals surface area contributed by atoms with E-state index in [0.29, 0.717) is 13.0 Å². The van der Waals surface area contributed by atoms with Gasteiger partial charge in [0, 0.05) is 30.1 Å². The van der Waals surface area contributed by atoms with Crippen LogP contribution in [0.2, 0.25) is 5.02 Å². The minimum Gasteiger partial charge on any atom is -0.495 e. The van der Waals surface area contributed by atoms with Gasteiger partial charge in [-0.3, -0.25) is 13.9 Å². The number of carbonyl (C=O) groups excluding carboxylic acids is 2. The lowest BCUT2D eigenvalue weighted by atomic mass is 10.0. The van der Waals surface area contributed by atoms with Gasteiger partial charge in [0.2, 0.25) is 11.8 Å². The van der Waals surface area contributed by atoms with E-state index in [4.69, 9.17) is 16.3 Å². The molecule has 0 saturated carbocycles. The maximum atomic E-state index is 15.0. The highest BCUT2D eigenvalue weighted by Crippen LogP contribution is 2.35. The Labute approximate surface area is 274 Å². The zero-order valence-corrected chi connectivity index (χ0v) is 27.5. The topological polar surface area (TPSA) is 96.0 Å². The summed E-state index contributed by atoms with van der Waals surface area (Å²) in [4.78, 5) is 29.4. The summed E-state index contributed by atoms with van der Waals surface area (Å²) in [6, 6.07) is 24.7. The molecule has 0 bridgehead atoms. The molecule has 4 aromatic carbocycles. The Morgan fingerprint density at radius 2 is 1.63 bits per heavy atom. The van der Waals surface area contributed by atoms with Crippen LogP contribution in [0.3, 0.4) is 0 Å². The van der Waals surface area contributed by atoms with Crippen LogP contribution in [0, 0.1) is 12.7 Å². The Morgan fingerprint density at radius 1 is 0.957 bits per heavy atom. The second kappa shape index (κ2) is 15.7. The van der Waals surface area contributed by atoms with Crippen molar-refractivity contribution in [3.63, 3.8) is 0 Å². The third kappa shape index (κ3) is 8.44. The number of anilines is 1. The highest BCUT2D eigenvalue weighted by atomic mass is 35.5. The molecule has 0 saturated heterocycles. The van der Waals surface area contributed by atoms with Gasteiger partial charge in [0.25, 0.3) is 10.0 Å². The van der Waals surface area contributed by atoms with Crippen molar-refractivity contribution in [3.8, 4) is 5.75 Å². The summed E-state index contributed by atoms with van der Waals surface area (Å²) in [5.74, 6) is -1.57. The van der Waals surface area contributed by atoms with Crippen LogP contribution < -0.4 is 14.4 Å². The van der Waals surface area contributed by atoms with E-state index in [9.17, 15) is 18.0 Å². The van der Waals surface area contributed by atoms with Crippen molar-refractivity contribution < 1.29 is 27.1 Å². The molecule has 0 fully saturated rings. The van der Waals surface area contributed by atoms with Gasteiger partial charge in [0.15, 0.2) is 0 Å². The fourth-order valence-electron chi connectivity index (χ4n) is 4.94. The van der Waals surface area contributed by atoms with Gasteiger partial charge in [0.05, 0.1) is 17.7 Å². The molecule has 0 aliphatic rings. The van der Waals surface area contributed by atoms with E-state index < -0.39 is 40.2 Å². The van der Waals surface area contributed by atoms with Gasteiger partial charge >= 0.3 is 0 Å². The number of hydrogen-bond acceptors (Lipinski definition) is 5. The Bertz CT molecular complexity index is 1750. The van der Waals surface area contributed by atoms with E-state index in [0.717, 1.165) is 15.4 Å². The maximum Gasteiger partial charge on any atom is 0.264 e. The number of halogens is 2. The average Bonchev–Trinajstić information content (AvgIpc) is 3.05. The number of ether oxygens (including phenoxy) is 1. The highest BCUT2D eigenvalue weighted by Gasteiger charge is 2.36. The summed E-state index contributed by atoms with van der Waals surface area (Å²) in [7, 11) is -3.00. The molecule has 0 unspecified atom stereocenters. The minimum atomic E-state index is -4.38. The molecule has 0 aliphatic carbocycles. The lowest BCUT2D eigenvalue weighted by Crippen LogP contribution is -2.53. The first kappa shape index (κ1) is 34.5. The number of amides is 2. The SMILES string of the molecule is CCCNC(=O)[C@H](Cc1ccccc1)N(Cc1ccccc1F)C(=O)CN(c1cc(Cl)ccc1OC)S(=O)(=O)c1ccc(C)cc1. The number of nitrogens with zero attached hydrogens (tertiary/aromatic N) is 2. The first-order chi connectivity index (χ1) is 22.0. The Hall–Kier alpha value is -4.41. The molecular weight excluding hydrogens is 629 g/mol. The molecular formula is C35H37ClFN3O5S. The molecule has 0 radical (unpaired) electrons. The summed E-state index contributed by atoms with van der Waals surface area (Å²) in [5, 5.41) is 3.08. The van der Waals surface area contributed by atoms with Crippen LogP contribution in [-0.4, -0.2) is 51.4 Å². The van der Waals surface area contributed by atoms with Gasteiger partial charge in [-0.05, 0) is 55.3 Å². The molecule has 2 amide bonds. The zero-order chi connectivity index (χ0) is 33.3. The van der Waals surface area contributed by atoms with E-state index in [1.54, 1.807) is 24.3 Å². The van der Waals surface area contributed by atoms with Crippen LogP contribution >= 0.6 is 11.6 Å². The predicted octanol–water partition coefficient (Wildman–Crippen LogP) is 6.16. The molecule has 0 aromatic heterocycles. The molecule has 11 heteroatoms. The molecule has 8 nitrogen and oxygen atoms in total. The van der Waals surface area contributed by atoms with Crippen LogP contribution in [0.5, 0.6) is 5.75 Å². The Morgan fingerprint density at radius 3 is 2.28 bits per heavy atom. The first-order valence-electron chi connectivity index (χ1n) is 14.8. The number of aryl methyl sites for hydroxylation is 1. The fraction of sp³-hybridized carbons (Fsp3) is 0.257. The van der Waals surface area contributed by atoms with Crippen molar-refractivity contribution in [1.82, 2.24) is 10.2 Å². The first-order valence-corrected chi connectivity index (χ1v) is 16.6. The van der Waals surface area contributed by atoms with Crippen molar-refractivity contribution in [3.05, 3.63) is 125 Å². The van der Waals surface area contributed by atoms with Gasteiger partial charge in [0.1, 0.15) is 24.2 Å². The summed E-state index contributed by atoms with van der Waals surface area (Å²) in [5.41, 5.74) is 1.82. The van der Waals surface area contributed by atoms with Crippen LogP contribution in [0.15, 0.2) is 102 Å². The molecule has 1 atom stereocenters. The van der Waals surface area contributed by atoms with E-state index in [1.165, 1.54) is 54.5 Å². The van der Waals surface area contributed by atoms with Crippen molar-refractivity contribution in [2.45, 2.75) is 44.2 Å². The lowest BCUT2D eigenvalue weighted by Gasteiger charge is -2.34. The zero-order valence-electron chi connectivity index (χ0n) is 26.0. The molecule has 1 N–H and O–H groups in total. The van der Waals surface area contributed by atoms with Gasteiger partial charge < -0.3 is 15.0 Å². The number of benzene rings is 4. The monoisotopic (exact) mass is 665 g/mol. The standard InChI is InChI=1S/C35H37ClFN3O5S/c1-4-20-38-35(42)32(21-26-10-6-5-7-11-26)39(23-27-12-8-9-13-30(27)37)34(41)24-40(31-22-28(36)16-19-33(31)45-3)46(43,44)29-17-14-25(2)15-18-29/h5-19,22,32H,4,20-21,23-24H2,1-3H3,(H,38,42)/t32-/m0/s1. The molecule has 46 heavy (non-hydrogen) atoms. The van der Waals surface area contributed by atoms with Crippen molar-refractivity contribution >= 4 is 39.1 Å². The third-order valence-corrected chi connectivity index (χ3v) is 9.43. The molecule has 0 aliphatic heterocycles. The van der Waals surface area contributed by atoms with E-state index in [2.05, 4.69) is 5.32 Å². The van der Waals surface area contributed by atoms with Crippen molar-refractivity contribution in [2.24, 2.45) is 0 Å². The number of hydrogen-bond donors (Lipinski definition) is 1. The summed E-state index contributed by atoms with van der Waals surface area (Å²) >= 11 is 6.32. The van der Waals surface area contributed by atoms with Crippen LogP contribution in [0.25, 0.3) is 0 Å². The highest BCUT2D eigenvalue weighted by molar-refractivity contribution is 7.92. The van der Waals surface area contributed by atoms with E-state index in [-0.39, 0.29) is 39.9 Å². The van der Waals surface area contributed by atoms with Crippen molar-refractivity contribution in [1.29, 1.82) is 0 Å². The normalized spacial score (nSPS) is 11.8. The minimum absolute atomic E-state index is 0.0322. The van der Waals surface area contributed by atoms with Gasteiger partial charge in [-0.25, -0.2) is 12.8 Å². The largest absolute Gasteiger partial charge is 0.495 e. The quantitative estimate of drug-likeness (QED) is 0.174. The number of sulfonamides is 1. The number of methoxy groups -OCH3 is 1. The summed E-state index contributed by atoms with van der Waals surface area (Å²) in [6.07, 6.45) is 0.768. The molecule has 4 aromatic rings. The lowest BCUT2D eigenvalue weighted by molar-refractivity contribution is -0.140. The summed E-state index contributed by atoms with van der Waals surface area (Å²) in [6.45, 7) is 3.08. The number of rotatable bonds is 14. The van der Waals surface area contributed by atoms with Gasteiger partial charge in [-0.1, -0.05) is 84.8 Å². The predicted molar refractivity (Wildman–Crippen MR) is 178 cm³/mol. The smallest absolute Gasteiger partial charge is 0.264 e. The third-order valence-electron chi connectivity index (χ3n) is 7.42. The van der Waals surface area contributed by atoms with Gasteiger partial charge in [-0.15, -0.1) is 0 Å². The van der Waals surface area contributed by atoms with E-state index in [1.807, 2.05) is 44.2 Å². The average molecular weight is 666 g/mol. The Kier molecular flexibility index (Phi) is 11.8. The second-order valence-corrected chi connectivity index (χ2v) is 13.0. The molecule has 0 spiro atoms. The molecule has 4 rings (SSSR count). The van der Waals surface area contributed by atoms with Crippen LogP contribution in [-0.2, 0) is 32.6 Å². The fourth-order valence-corrected chi connectivity index (χ4v) is 6.52. The maximum absolute atomic E-state index is 15.0. The number of nitrogens with one attached hydrogen (secondary N) is 1. The van der Waals surface area contributed by atoms with E-state index >= 15 is 4.39 Å². The second-order valence-electron chi connectivity index (χ2n) is 10.8. The van der Waals surface area contributed by atoms with Gasteiger partial charge in [-0.2, -0.15) is 0 Å². The molecule has 0 heterocycles. The number of carbonyl (C=O) groups is 2. The van der Waals surface area contributed by atoms with Crippen LogP contribution in [0.4, 0.5) is 10.1 Å². The van der Waals surface area contributed by atoms with Crippen LogP contribution in [0.1, 0.15) is 30.0 Å². The molecule has 242 valence electrons.